The zero-order chi connectivity index (χ0) is 13.6. The summed E-state index contributed by atoms with van der Waals surface area (Å²) >= 11 is 0. The minimum atomic E-state index is -3.51. The van der Waals surface area contributed by atoms with Crippen molar-refractivity contribution >= 4 is 9.84 Å². The summed E-state index contributed by atoms with van der Waals surface area (Å²) < 4.78 is 36.0. The number of hydrogen-bond acceptors (Lipinski definition) is 4. The topological polar surface area (TPSA) is 81.7 Å². The predicted molar refractivity (Wildman–Crippen MR) is 61.4 cm³/mol. The molecule has 1 fully saturated rings. The van der Waals surface area contributed by atoms with Gasteiger partial charge in [-0.1, -0.05) is 12.1 Å². The molecule has 2 atom stereocenters. The van der Waals surface area contributed by atoms with Crippen LogP contribution in [0.3, 0.4) is 0 Å². The number of nitrogens with zero attached hydrogens (tertiary/aromatic N) is 2. The summed E-state index contributed by atoms with van der Waals surface area (Å²) in [5.74, 6) is -1.15. The van der Waals surface area contributed by atoms with Gasteiger partial charge in [0.25, 0.3) is 0 Å². The molecule has 0 aliphatic heterocycles. The molecule has 2 rings (SSSR count). The zero-order valence-corrected chi connectivity index (χ0v) is 10.3. The minimum absolute atomic E-state index is 0.449. The van der Waals surface area contributed by atoms with Crippen LogP contribution in [0.5, 0.6) is 0 Å². The SMILES string of the molecule is CS(=O)(=O)[C@@H]1[C@@H](c2ccc(F)cc2)C1(C#N)C#N. The number of hydrogen-bond donors (Lipinski definition) is 0. The van der Waals surface area contributed by atoms with Crippen molar-refractivity contribution in [3.05, 3.63) is 35.6 Å². The van der Waals surface area contributed by atoms with Crippen LogP contribution in [0.25, 0.3) is 0 Å². The van der Waals surface area contributed by atoms with Gasteiger partial charge in [-0.15, -0.1) is 0 Å². The minimum Gasteiger partial charge on any atom is -0.229 e. The van der Waals surface area contributed by atoms with Crippen molar-refractivity contribution in [2.24, 2.45) is 5.41 Å². The maximum Gasteiger partial charge on any atom is 0.169 e. The average molecular weight is 264 g/mol. The lowest BCUT2D eigenvalue weighted by Gasteiger charge is -1.98. The largest absolute Gasteiger partial charge is 0.229 e. The van der Waals surface area contributed by atoms with E-state index in [-0.39, 0.29) is 0 Å². The van der Waals surface area contributed by atoms with Crippen LogP contribution in [0.4, 0.5) is 4.39 Å². The molecule has 0 aromatic heterocycles. The second-order valence-electron chi connectivity index (χ2n) is 4.37. The van der Waals surface area contributed by atoms with E-state index in [1.54, 1.807) is 12.1 Å². The zero-order valence-electron chi connectivity index (χ0n) is 9.46. The second-order valence-corrected chi connectivity index (χ2v) is 6.54. The summed E-state index contributed by atoms with van der Waals surface area (Å²) in [6.07, 6.45) is 1.00. The summed E-state index contributed by atoms with van der Waals surface area (Å²) in [7, 11) is -3.51. The Bertz CT molecular complexity index is 654. The van der Waals surface area contributed by atoms with E-state index in [1.165, 1.54) is 24.3 Å². The normalized spacial score (nSPS) is 24.9. The lowest BCUT2D eigenvalue weighted by atomic mass is 10.0. The van der Waals surface area contributed by atoms with Crippen LogP contribution in [0.1, 0.15) is 11.5 Å². The smallest absolute Gasteiger partial charge is 0.169 e. The molecule has 0 heterocycles. The van der Waals surface area contributed by atoms with Crippen LogP contribution in [-0.2, 0) is 9.84 Å². The molecular formula is C12H9FN2O2S. The summed E-state index contributed by atoms with van der Waals surface area (Å²) in [4.78, 5) is 0. The fourth-order valence-electron chi connectivity index (χ4n) is 2.34. The Morgan fingerprint density at radius 2 is 1.72 bits per heavy atom. The monoisotopic (exact) mass is 264 g/mol. The summed E-state index contributed by atoms with van der Waals surface area (Å²) in [6, 6.07) is 8.77. The summed E-state index contributed by atoms with van der Waals surface area (Å²) in [5.41, 5.74) is -1.05. The van der Waals surface area contributed by atoms with E-state index in [4.69, 9.17) is 10.5 Å². The molecule has 0 unspecified atom stereocenters. The lowest BCUT2D eigenvalue weighted by Crippen LogP contribution is -2.11. The molecule has 6 heteroatoms. The first-order valence-corrected chi connectivity index (χ1v) is 7.09. The molecule has 1 saturated carbocycles. The van der Waals surface area contributed by atoms with E-state index < -0.39 is 32.2 Å². The van der Waals surface area contributed by atoms with Gasteiger partial charge in [0.05, 0.1) is 12.1 Å². The van der Waals surface area contributed by atoms with Crippen molar-refractivity contribution < 1.29 is 12.8 Å². The third-order valence-corrected chi connectivity index (χ3v) is 4.76. The van der Waals surface area contributed by atoms with Gasteiger partial charge in [0.15, 0.2) is 15.3 Å². The Balaban J connectivity index is 2.50. The van der Waals surface area contributed by atoms with Gasteiger partial charge in [-0.2, -0.15) is 10.5 Å². The van der Waals surface area contributed by atoms with Crippen LogP contribution in [0.15, 0.2) is 24.3 Å². The second kappa shape index (κ2) is 3.79. The number of rotatable bonds is 2. The highest BCUT2D eigenvalue weighted by atomic mass is 32.2. The summed E-state index contributed by atoms with van der Waals surface area (Å²) in [5, 5.41) is 17.1. The highest BCUT2D eigenvalue weighted by Gasteiger charge is 2.72. The molecule has 0 radical (unpaired) electrons. The number of nitriles is 2. The number of benzene rings is 1. The molecule has 4 nitrogen and oxygen atoms in total. The van der Waals surface area contributed by atoms with Gasteiger partial charge in [-0.25, -0.2) is 12.8 Å². The highest BCUT2D eigenvalue weighted by molar-refractivity contribution is 7.91. The molecule has 1 aliphatic rings. The fraction of sp³-hybridized carbons (Fsp3) is 0.333. The molecule has 0 bridgehead atoms. The first kappa shape index (κ1) is 12.5. The van der Waals surface area contributed by atoms with Crippen LogP contribution in [-0.4, -0.2) is 19.9 Å². The molecule has 1 aromatic rings. The van der Waals surface area contributed by atoms with Crippen molar-refractivity contribution in [2.45, 2.75) is 11.2 Å². The van der Waals surface area contributed by atoms with Crippen molar-refractivity contribution in [1.82, 2.24) is 0 Å². The van der Waals surface area contributed by atoms with E-state index in [9.17, 15) is 12.8 Å². The Labute approximate surface area is 104 Å². The number of halogens is 1. The van der Waals surface area contributed by atoms with E-state index in [0.29, 0.717) is 5.56 Å². The van der Waals surface area contributed by atoms with Crippen LogP contribution in [0.2, 0.25) is 0 Å². The molecule has 1 aromatic carbocycles. The fourth-order valence-corrected chi connectivity index (χ4v) is 4.06. The standard InChI is InChI=1S/C12H9FN2O2S/c1-18(16,17)11-10(12(11,6-14)7-15)8-2-4-9(13)5-3-8/h2-5,10-11H,1H3/t10-,11-/m1/s1. The first-order valence-electron chi connectivity index (χ1n) is 5.13. The third-order valence-electron chi connectivity index (χ3n) is 3.19. The molecule has 1 aliphatic carbocycles. The molecule has 0 N–H and O–H groups in total. The van der Waals surface area contributed by atoms with Crippen molar-refractivity contribution in [1.29, 1.82) is 10.5 Å². The van der Waals surface area contributed by atoms with Gasteiger partial charge in [0.1, 0.15) is 11.1 Å². The van der Waals surface area contributed by atoms with Gasteiger partial charge in [-0.3, -0.25) is 0 Å². The van der Waals surface area contributed by atoms with Crippen molar-refractivity contribution in [2.75, 3.05) is 6.26 Å². The lowest BCUT2D eigenvalue weighted by molar-refractivity contribution is 0.597. The Hall–Kier alpha value is -1.92. The Morgan fingerprint density at radius 1 is 1.22 bits per heavy atom. The van der Waals surface area contributed by atoms with Crippen LogP contribution >= 0.6 is 0 Å². The predicted octanol–water partition coefficient (Wildman–Crippen LogP) is 1.37. The Morgan fingerprint density at radius 3 is 2.06 bits per heavy atom. The first-order chi connectivity index (χ1) is 8.36. The quantitative estimate of drug-likeness (QED) is 0.807. The van der Waals surface area contributed by atoms with E-state index in [0.717, 1.165) is 6.26 Å². The molecule has 0 saturated heterocycles. The molecule has 0 amide bonds. The van der Waals surface area contributed by atoms with Crippen molar-refractivity contribution in [3.8, 4) is 12.1 Å². The van der Waals surface area contributed by atoms with Crippen LogP contribution < -0.4 is 0 Å². The summed E-state index contributed by atoms with van der Waals surface area (Å²) in [6.45, 7) is 0. The van der Waals surface area contributed by atoms with E-state index in [1.807, 2.05) is 0 Å². The van der Waals surface area contributed by atoms with Crippen molar-refractivity contribution in [3.63, 3.8) is 0 Å². The van der Waals surface area contributed by atoms with Gasteiger partial charge >= 0.3 is 0 Å². The molecular weight excluding hydrogens is 255 g/mol. The Kier molecular flexibility index (Phi) is 2.64. The maximum atomic E-state index is 12.8. The van der Waals surface area contributed by atoms with E-state index in [2.05, 4.69) is 0 Å². The third kappa shape index (κ3) is 1.66. The van der Waals surface area contributed by atoms with Crippen LogP contribution in [0, 0.1) is 33.9 Å². The maximum absolute atomic E-state index is 12.8. The van der Waals surface area contributed by atoms with Gasteiger partial charge in [0, 0.05) is 12.2 Å². The van der Waals surface area contributed by atoms with Gasteiger partial charge in [0.2, 0.25) is 0 Å². The molecule has 18 heavy (non-hydrogen) atoms. The average Bonchev–Trinajstić information content (AvgIpc) is 3.00. The number of sulfone groups is 1. The highest BCUT2D eigenvalue weighted by Crippen LogP contribution is 2.62. The molecule has 92 valence electrons. The van der Waals surface area contributed by atoms with Gasteiger partial charge in [-0.05, 0) is 17.7 Å². The van der Waals surface area contributed by atoms with E-state index >= 15 is 0 Å². The van der Waals surface area contributed by atoms with Gasteiger partial charge < -0.3 is 0 Å². The molecule has 0 spiro atoms.